The number of hydrogen-bond donors (Lipinski definition) is 0. The highest BCUT2D eigenvalue weighted by molar-refractivity contribution is 5.96. The molecule has 1 fully saturated rings. The van der Waals surface area contributed by atoms with Gasteiger partial charge in [-0.15, -0.1) is 0 Å². The van der Waals surface area contributed by atoms with Gasteiger partial charge in [-0.25, -0.2) is 0 Å². The summed E-state index contributed by atoms with van der Waals surface area (Å²) in [4.78, 5) is 15.5. The summed E-state index contributed by atoms with van der Waals surface area (Å²) in [6.45, 7) is 8.92. The third-order valence-electron chi connectivity index (χ3n) is 5.62. The lowest BCUT2D eigenvalue weighted by molar-refractivity contribution is 0.0734. The molecule has 2 aromatic carbocycles. The van der Waals surface area contributed by atoms with Crippen molar-refractivity contribution in [2.75, 3.05) is 39.6 Å². The van der Waals surface area contributed by atoms with E-state index in [1.165, 1.54) is 0 Å². The number of amides is 1. The van der Waals surface area contributed by atoms with Crippen LogP contribution in [-0.4, -0.2) is 50.4 Å². The van der Waals surface area contributed by atoms with E-state index in [9.17, 15) is 4.79 Å². The first-order valence-electron chi connectivity index (χ1n) is 11.4. The Morgan fingerprint density at radius 2 is 1.59 bits per heavy atom. The Kier molecular flexibility index (Phi) is 6.93. The lowest BCUT2D eigenvalue weighted by Crippen LogP contribution is -2.30. The number of benzene rings is 2. The average Bonchev–Trinajstić information content (AvgIpc) is 3.30. The van der Waals surface area contributed by atoms with E-state index in [1.807, 2.05) is 43.9 Å². The Labute approximate surface area is 189 Å². The molecule has 1 amide bonds. The van der Waals surface area contributed by atoms with Crippen LogP contribution in [0.5, 0.6) is 28.7 Å². The van der Waals surface area contributed by atoms with Crippen molar-refractivity contribution in [1.29, 1.82) is 0 Å². The predicted octanol–water partition coefficient (Wildman–Crippen LogP) is 4.63. The van der Waals surface area contributed by atoms with Gasteiger partial charge in [-0.1, -0.05) is 6.07 Å². The summed E-state index contributed by atoms with van der Waals surface area (Å²) in [5, 5.41) is 0. The highest BCUT2D eigenvalue weighted by atomic mass is 16.6. The van der Waals surface area contributed by atoms with E-state index >= 15 is 0 Å². The molecule has 0 saturated carbocycles. The fourth-order valence-corrected chi connectivity index (χ4v) is 4.30. The van der Waals surface area contributed by atoms with Gasteiger partial charge in [0.2, 0.25) is 5.75 Å². The second kappa shape index (κ2) is 10.0. The van der Waals surface area contributed by atoms with Crippen molar-refractivity contribution in [3.8, 4) is 28.7 Å². The van der Waals surface area contributed by atoms with Gasteiger partial charge in [0.05, 0.1) is 25.9 Å². The molecule has 1 saturated heterocycles. The van der Waals surface area contributed by atoms with Gasteiger partial charge >= 0.3 is 0 Å². The van der Waals surface area contributed by atoms with Gasteiger partial charge < -0.3 is 28.6 Å². The zero-order valence-electron chi connectivity index (χ0n) is 19.0. The minimum absolute atomic E-state index is 0.0176. The van der Waals surface area contributed by atoms with Gasteiger partial charge in [0.15, 0.2) is 23.0 Å². The van der Waals surface area contributed by atoms with Crippen molar-refractivity contribution in [2.24, 2.45) is 0 Å². The van der Waals surface area contributed by atoms with Crippen LogP contribution in [0, 0.1) is 0 Å². The summed E-state index contributed by atoms with van der Waals surface area (Å²) in [7, 11) is 0. The second-order valence-corrected chi connectivity index (χ2v) is 7.66. The first kappa shape index (κ1) is 22.1. The van der Waals surface area contributed by atoms with Crippen LogP contribution >= 0.6 is 0 Å². The number of hydrogen-bond acceptors (Lipinski definition) is 6. The third-order valence-corrected chi connectivity index (χ3v) is 5.62. The fraction of sp³-hybridized carbons (Fsp3) is 0.480. The standard InChI is InChI=1S/C25H31NO6/c1-4-28-22-15-18(16-23(29-5-2)24(22)30-6-3)25(27)26-11-7-8-19(26)17-9-10-20-21(14-17)32-13-12-31-20/h9-10,14-16,19H,4-8,11-13H2,1-3H3. The molecule has 2 aliphatic rings. The van der Waals surface area contributed by atoms with Crippen LogP contribution in [0.4, 0.5) is 0 Å². The molecule has 2 aromatic rings. The maximum absolute atomic E-state index is 13.6. The summed E-state index contributed by atoms with van der Waals surface area (Å²) in [6, 6.07) is 9.47. The van der Waals surface area contributed by atoms with E-state index in [2.05, 4.69) is 0 Å². The number of ether oxygens (including phenoxy) is 5. The number of rotatable bonds is 8. The maximum Gasteiger partial charge on any atom is 0.254 e. The molecule has 2 heterocycles. The lowest BCUT2D eigenvalue weighted by atomic mass is 10.0. The first-order chi connectivity index (χ1) is 15.7. The van der Waals surface area contributed by atoms with Crippen molar-refractivity contribution < 1.29 is 28.5 Å². The smallest absolute Gasteiger partial charge is 0.254 e. The Morgan fingerprint density at radius 1 is 0.938 bits per heavy atom. The monoisotopic (exact) mass is 441 g/mol. The van der Waals surface area contributed by atoms with E-state index in [4.69, 9.17) is 23.7 Å². The molecule has 2 aliphatic heterocycles. The minimum atomic E-state index is -0.0488. The summed E-state index contributed by atoms with van der Waals surface area (Å²) in [6.07, 6.45) is 1.84. The SMILES string of the molecule is CCOc1cc(C(=O)N2CCCC2c2ccc3c(c2)OCCO3)cc(OCC)c1OCC. The van der Waals surface area contributed by atoms with E-state index in [-0.39, 0.29) is 11.9 Å². The quantitative estimate of drug-likeness (QED) is 0.595. The van der Waals surface area contributed by atoms with Crippen LogP contribution < -0.4 is 23.7 Å². The van der Waals surface area contributed by atoms with Crippen LogP contribution in [0.1, 0.15) is 55.6 Å². The molecule has 1 atom stereocenters. The van der Waals surface area contributed by atoms with Gasteiger partial charge in [-0.05, 0) is 63.4 Å². The first-order valence-corrected chi connectivity index (χ1v) is 11.4. The molecule has 172 valence electrons. The van der Waals surface area contributed by atoms with Crippen LogP contribution in [0.15, 0.2) is 30.3 Å². The van der Waals surface area contributed by atoms with Gasteiger partial charge in [0.25, 0.3) is 5.91 Å². The largest absolute Gasteiger partial charge is 0.490 e. The van der Waals surface area contributed by atoms with Gasteiger partial charge in [0.1, 0.15) is 13.2 Å². The zero-order valence-corrected chi connectivity index (χ0v) is 19.0. The molecule has 4 rings (SSSR count). The Bertz CT molecular complexity index is 932. The Morgan fingerprint density at radius 3 is 2.25 bits per heavy atom. The van der Waals surface area contributed by atoms with Crippen LogP contribution in [-0.2, 0) is 0 Å². The number of likely N-dealkylation sites (tertiary alicyclic amines) is 1. The normalized spacial score (nSPS) is 17.2. The maximum atomic E-state index is 13.6. The minimum Gasteiger partial charge on any atom is -0.490 e. The number of fused-ring (bicyclic) bond motifs is 1. The van der Waals surface area contributed by atoms with Crippen molar-refractivity contribution in [1.82, 2.24) is 4.90 Å². The van der Waals surface area contributed by atoms with Crippen molar-refractivity contribution in [3.63, 3.8) is 0 Å². The molecule has 0 bridgehead atoms. The summed E-state index contributed by atoms with van der Waals surface area (Å²) in [5.41, 5.74) is 1.59. The number of carbonyl (C=O) groups excluding carboxylic acids is 1. The fourth-order valence-electron chi connectivity index (χ4n) is 4.30. The Balaban J connectivity index is 1.65. The van der Waals surface area contributed by atoms with E-state index in [0.29, 0.717) is 62.4 Å². The van der Waals surface area contributed by atoms with E-state index < -0.39 is 0 Å². The van der Waals surface area contributed by atoms with E-state index in [1.54, 1.807) is 12.1 Å². The molecular weight excluding hydrogens is 410 g/mol. The molecular formula is C25H31NO6. The zero-order chi connectivity index (χ0) is 22.5. The van der Waals surface area contributed by atoms with Crippen molar-refractivity contribution >= 4 is 5.91 Å². The van der Waals surface area contributed by atoms with Gasteiger partial charge in [-0.3, -0.25) is 4.79 Å². The Hall–Kier alpha value is -3.09. The van der Waals surface area contributed by atoms with Crippen LogP contribution in [0.25, 0.3) is 0 Å². The van der Waals surface area contributed by atoms with E-state index in [0.717, 1.165) is 29.9 Å². The summed E-state index contributed by atoms with van der Waals surface area (Å²) >= 11 is 0. The molecule has 0 aromatic heterocycles. The molecule has 0 spiro atoms. The molecule has 1 unspecified atom stereocenters. The molecule has 7 nitrogen and oxygen atoms in total. The van der Waals surface area contributed by atoms with Crippen molar-refractivity contribution in [3.05, 3.63) is 41.5 Å². The lowest BCUT2D eigenvalue weighted by Gasteiger charge is -2.27. The highest BCUT2D eigenvalue weighted by Crippen LogP contribution is 2.42. The van der Waals surface area contributed by atoms with Gasteiger partial charge in [-0.2, -0.15) is 0 Å². The molecule has 0 aliphatic carbocycles. The average molecular weight is 442 g/mol. The van der Waals surface area contributed by atoms with Crippen LogP contribution in [0.3, 0.4) is 0 Å². The predicted molar refractivity (Wildman–Crippen MR) is 120 cm³/mol. The van der Waals surface area contributed by atoms with Gasteiger partial charge in [0, 0.05) is 12.1 Å². The highest BCUT2D eigenvalue weighted by Gasteiger charge is 2.32. The molecule has 0 N–H and O–H groups in total. The van der Waals surface area contributed by atoms with Crippen LogP contribution in [0.2, 0.25) is 0 Å². The topological polar surface area (TPSA) is 66.5 Å². The molecule has 32 heavy (non-hydrogen) atoms. The summed E-state index contributed by atoms with van der Waals surface area (Å²) < 4.78 is 28.8. The summed E-state index contributed by atoms with van der Waals surface area (Å²) in [5.74, 6) is 3.04. The third kappa shape index (κ3) is 4.42. The second-order valence-electron chi connectivity index (χ2n) is 7.66. The molecule has 0 radical (unpaired) electrons. The van der Waals surface area contributed by atoms with Crippen molar-refractivity contribution in [2.45, 2.75) is 39.7 Å². The number of nitrogens with zero attached hydrogens (tertiary/aromatic N) is 1. The molecule has 7 heteroatoms. The number of carbonyl (C=O) groups is 1.